The van der Waals surface area contributed by atoms with Crippen LogP contribution >= 0.6 is 23.1 Å². The maximum Gasteiger partial charge on any atom is 0.268 e. The van der Waals surface area contributed by atoms with Gasteiger partial charge in [0.15, 0.2) is 5.82 Å². The molecule has 3 rings (SSSR count). The van der Waals surface area contributed by atoms with Gasteiger partial charge in [0.05, 0.1) is 10.6 Å². The first kappa shape index (κ1) is 13.3. The third kappa shape index (κ3) is 3.05. The Morgan fingerprint density at radius 2 is 2.15 bits per heavy atom. The molecule has 3 heterocycles. The molecule has 3 aromatic rings. The van der Waals surface area contributed by atoms with E-state index < -0.39 is 0 Å². The molecule has 102 valence electrons. The van der Waals surface area contributed by atoms with E-state index in [9.17, 15) is 0 Å². The standard InChI is InChI=1S/C13H12N4OS2/c1-8-6-12(15-9(2)14-8)20-7-11-16-13(18-17-11)10-4-3-5-19-10/h3-6H,7H2,1-2H3. The molecule has 0 aliphatic carbocycles. The number of thiophene rings is 1. The van der Waals surface area contributed by atoms with Gasteiger partial charge in [-0.2, -0.15) is 4.98 Å². The minimum atomic E-state index is 0.575. The number of aromatic nitrogens is 4. The minimum Gasteiger partial charge on any atom is -0.333 e. The molecule has 3 aromatic heterocycles. The van der Waals surface area contributed by atoms with E-state index in [-0.39, 0.29) is 0 Å². The molecule has 0 saturated carbocycles. The predicted molar refractivity (Wildman–Crippen MR) is 78.7 cm³/mol. The zero-order valence-corrected chi connectivity index (χ0v) is 12.7. The number of rotatable bonds is 4. The van der Waals surface area contributed by atoms with Crippen molar-refractivity contribution in [3.8, 4) is 10.8 Å². The predicted octanol–water partition coefficient (Wildman–Crippen LogP) is 3.50. The summed E-state index contributed by atoms with van der Waals surface area (Å²) in [4.78, 5) is 14.0. The zero-order valence-electron chi connectivity index (χ0n) is 11.0. The molecule has 7 heteroatoms. The van der Waals surface area contributed by atoms with Crippen LogP contribution in [0.15, 0.2) is 33.1 Å². The quantitative estimate of drug-likeness (QED) is 0.543. The van der Waals surface area contributed by atoms with E-state index in [0.717, 1.165) is 21.4 Å². The topological polar surface area (TPSA) is 64.7 Å². The minimum absolute atomic E-state index is 0.575. The molecule has 0 radical (unpaired) electrons. The SMILES string of the molecule is Cc1cc(SCc2noc(-c3cccs3)n2)nc(C)n1. The number of thioether (sulfide) groups is 1. The van der Waals surface area contributed by atoms with Gasteiger partial charge in [0.25, 0.3) is 5.89 Å². The van der Waals surface area contributed by atoms with Crippen molar-refractivity contribution in [1.29, 1.82) is 0 Å². The normalized spacial score (nSPS) is 10.9. The van der Waals surface area contributed by atoms with Gasteiger partial charge < -0.3 is 4.52 Å². The van der Waals surface area contributed by atoms with E-state index in [1.165, 1.54) is 0 Å². The summed E-state index contributed by atoms with van der Waals surface area (Å²) in [5.41, 5.74) is 0.965. The average Bonchev–Trinajstić information content (AvgIpc) is 3.06. The van der Waals surface area contributed by atoms with Crippen LogP contribution in [0.3, 0.4) is 0 Å². The summed E-state index contributed by atoms with van der Waals surface area (Å²) in [7, 11) is 0. The molecule has 0 N–H and O–H groups in total. The van der Waals surface area contributed by atoms with Crippen molar-refractivity contribution >= 4 is 23.1 Å². The zero-order chi connectivity index (χ0) is 13.9. The summed E-state index contributed by atoms with van der Waals surface area (Å²) < 4.78 is 5.25. The first-order valence-corrected chi connectivity index (χ1v) is 7.89. The van der Waals surface area contributed by atoms with E-state index in [4.69, 9.17) is 4.52 Å². The molecule has 0 spiro atoms. The first-order chi connectivity index (χ1) is 9.70. The van der Waals surface area contributed by atoms with Crippen LogP contribution in [0.2, 0.25) is 0 Å². The number of hydrogen-bond acceptors (Lipinski definition) is 7. The molecule has 0 atom stereocenters. The average molecular weight is 304 g/mol. The smallest absolute Gasteiger partial charge is 0.268 e. The largest absolute Gasteiger partial charge is 0.333 e. The fourth-order valence-electron chi connectivity index (χ4n) is 1.71. The van der Waals surface area contributed by atoms with Crippen LogP contribution in [0.1, 0.15) is 17.3 Å². The van der Waals surface area contributed by atoms with E-state index in [2.05, 4.69) is 20.1 Å². The van der Waals surface area contributed by atoms with Gasteiger partial charge in [0.1, 0.15) is 10.9 Å². The summed E-state index contributed by atoms with van der Waals surface area (Å²) in [6.07, 6.45) is 0. The Morgan fingerprint density at radius 1 is 1.25 bits per heavy atom. The monoisotopic (exact) mass is 304 g/mol. The van der Waals surface area contributed by atoms with Gasteiger partial charge in [-0.25, -0.2) is 9.97 Å². The molecule has 0 amide bonds. The molecule has 0 bridgehead atoms. The maximum absolute atomic E-state index is 5.25. The van der Waals surface area contributed by atoms with E-state index in [1.807, 2.05) is 37.4 Å². The highest BCUT2D eigenvalue weighted by atomic mass is 32.2. The summed E-state index contributed by atoms with van der Waals surface area (Å²) >= 11 is 3.16. The van der Waals surface area contributed by atoms with Crippen LogP contribution in [0.5, 0.6) is 0 Å². The highest BCUT2D eigenvalue weighted by molar-refractivity contribution is 7.98. The number of aryl methyl sites for hydroxylation is 2. The van der Waals surface area contributed by atoms with Crippen LogP contribution in [0.4, 0.5) is 0 Å². The van der Waals surface area contributed by atoms with Crippen molar-refractivity contribution in [2.45, 2.75) is 24.6 Å². The molecule has 0 aliphatic heterocycles. The Balaban J connectivity index is 1.69. The van der Waals surface area contributed by atoms with Gasteiger partial charge in [-0.1, -0.05) is 23.0 Å². The van der Waals surface area contributed by atoms with Crippen molar-refractivity contribution in [1.82, 2.24) is 20.1 Å². The summed E-state index contributed by atoms with van der Waals surface area (Å²) in [6.45, 7) is 3.85. The lowest BCUT2D eigenvalue weighted by molar-refractivity contribution is 0.426. The van der Waals surface area contributed by atoms with Crippen LogP contribution in [-0.4, -0.2) is 20.1 Å². The Hall–Kier alpha value is -1.73. The molecule has 0 fully saturated rings. The van der Waals surface area contributed by atoms with E-state index >= 15 is 0 Å². The van der Waals surface area contributed by atoms with Crippen LogP contribution in [0.25, 0.3) is 10.8 Å². The van der Waals surface area contributed by atoms with Gasteiger partial charge in [0.2, 0.25) is 0 Å². The molecule has 5 nitrogen and oxygen atoms in total. The van der Waals surface area contributed by atoms with Crippen LogP contribution in [-0.2, 0) is 5.75 Å². The van der Waals surface area contributed by atoms with Gasteiger partial charge >= 0.3 is 0 Å². The fraction of sp³-hybridized carbons (Fsp3) is 0.231. The number of nitrogens with zero attached hydrogens (tertiary/aromatic N) is 4. The maximum atomic E-state index is 5.25. The second-order valence-corrected chi connectivity index (χ2v) is 6.12. The summed E-state index contributed by atoms with van der Waals surface area (Å²) in [5.74, 6) is 2.66. The van der Waals surface area contributed by atoms with Crippen LogP contribution in [0, 0.1) is 13.8 Å². The van der Waals surface area contributed by atoms with E-state index in [0.29, 0.717) is 17.5 Å². The van der Waals surface area contributed by atoms with Crippen molar-refractivity contribution in [2.24, 2.45) is 0 Å². The third-order valence-electron chi connectivity index (χ3n) is 2.49. The van der Waals surface area contributed by atoms with Crippen molar-refractivity contribution in [3.05, 3.63) is 40.9 Å². The Kier molecular flexibility index (Phi) is 3.79. The molecule has 20 heavy (non-hydrogen) atoms. The Labute approximate surface area is 124 Å². The molecule has 0 unspecified atom stereocenters. The van der Waals surface area contributed by atoms with Gasteiger partial charge in [-0.15, -0.1) is 11.3 Å². The lowest BCUT2D eigenvalue weighted by Gasteiger charge is -2.00. The highest BCUT2D eigenvalue weighted by Crippen LogP contribution is 2.25. The first-order valence-electron chi connectivity index (χ1n) is 6.02. The van der Waals surface area contributed by atoms with Gasteiger partial charge in [-0.3, -0.25) is 0 Å². The second-order valence-electron chi connectivity index (χ2n) is 4.18. The van der Waals surface area contributed by atoms with Crippen molar-refractivity contribution in [2.75, 3.05) is 0 Å². The van der Waals surface area contributed by atoms with Crippen LogP contribution < -0.4 is 0 Å². The second kappa shape index (κ2) is 5.72. The molecular formula is C13H12N4OS2. The lowest BCUT2D eigenvalue weighted by Crippen LogP contribution is -1.93. The van der Waals surface area contributed by atoms with Crippen molar-refractivity contribution in [3.63, 3.8) is 0 Å². The molecular weight excluding hydrogens is 292 g/mol. The lowest BCUT2D eigenvalue weighted by atomic mass is 10.4. The third-order valence-corrected chi connectivity index (χ3v) is 4.26. The highest BCUT2D eigenvalue weighted by Gasteiger charge is 2.10. The molecule has 0 aromatic carbocycles. The van der Waals surface area contributed by atoms with Gasteiger partial charge in [-0.05, 0) is 31.4 Å². The summed E-state index contributed by atoms with van der Waals surface area (Å²) in [5, 5.41) is 6.90. The Bertz CT molecular complexity index is 689. The molecule has 0 aliphatic rings. The number of hydrogen-bond donors (Lipinski definition) is 0. The summed E-state index contributed by atoms with van der Waals surface area (Å²) in [6, 6.07) is 5.88. The Morgan fingerprint density at radius 3 is 2.90 bits per heavy atom. The molecule has 0 saturated heterocycles. The van der Waals surface area contributed by atoms with Gasteiger partial charge in [0, 0.05) is 5.69 Å². The van der Waals surface area contributed by atoms with E-state index in [1.54, 1.807) is 23.1 Å². The fourth-order valence-corrected chi connectivity index (χ4v) is 3.20. The van der Waals surface area contributed by atoms with Crippen molar-refractivity contribution < 1.29 is 4.52 Å².